The molecule has 3 rings (SSSR count). The first-order valence-electron chi connectivity index (χ1n) is 7.38. The third-order valence-corrected chi connectivity index (χ3v) is 4.50. The fourth-order valence-corrected chi connectivity index (χ4v) is 3.54. The predicted octanol–water partition coefficient (Wildman–Crippen LogP) is 1.37. The third kappa shape index (κ3) is 4.17. The molecule has 2 aromatic rings. The number of nitrogens with one attached hydrogen (secondary N) is 2. The van der Waals surface area contributed by atoms with Crippen LogP contribution in [0.4, 0.5) is 5.13 Å². The Hall–Kier alpha value is -2.19. The summed E-state index contributed by atoms with van der Waals surface area (Å²) < 4.78 is 5.19. The molecule has 2 aromatic heterocycles. The standard InChI is InChI=1S/C15H18N4O3S/c1-10(20)17-15-18-12-4-5-19(8-13(12)23-15)9-14(21)16-7-11-3-2-6-22-11/h2-3,6H,4-5,7-9H2,1H3,(H,16,21)(H,17,18,20). The van der Waals surface area contributed by atoms with Gasteiger partial charge in [0.05, 0.1) is 25.0 Å². The van der Waals surface area contributed by atoms with Gasteiger partial charge in [-0.15, -0.1) is 11.3 Å². The highest BCUT2D eigenvalue weighted by molar-refractivity contribution is 7.15. The maximum absolute atomic E-state index is 12.0. The molecule has 0 spiro atoms. The number of thiazole rings is 1. The molecule has 0 aliphatic carbocycles. The average molecular weight is 334 g/mol. The summed E-state index contributed by atoms with van der Waals surface area (Å²) in [5, 5.41) is 6.19. The van der Waals surface area contributed by atoms with Crippen LogP contribution in [0, 0.1) is 0 Å². The molecule has 0 bridgehead atoms. The van der Waals surface area contributed by atoms with E-state index in [4.69, 9.17) is 4.42 Å². The van der Waals surface area contributed by atoms with Crippen LogP contribution in [0.3, 0.4) is 0 Å². The van der Waals surface area contributed by atoms with Crippen LogP contribution < -0.4 is 10.6 Å². The Kier molecular flexibility index (Phi) is 4.73. The number of rotatable bonds is 5. The van der Waals surface area contributed by atoms with Crippen molar-refractivity contribution in [1.29, 1.82) is 0 Å². The van der Waals surface area contributed by atoms with Crippen molar-refractivity contribution in [1.82, 2.24) is 15.2 Å². The van der Waals surface area contributed by atoms with Crippen LogP contribution in [-0.2, 0) is 29.1 Å². The van der Waals surface area contributed by atoms with Gasteiger partial charge in [-0.25, -0.2) is 4.98 Å². The summed E-state index contributed by atoms with van der Waals surface area (Å²) in [7, 11) is 0. The SMILES string of the molecule is CC(=O)Nc1nc2c(s1)CN(CC(=O)NCc1ccco1)CC2. The number of aromatic nitrogens is 1. The second-order valence-electron chi connectivity index (χ2n) is 5.39. The molecule has 1 aliphatic heterocycles. The van der Waals surface area contributed by atoms with Crippen molar-refractivity contribution < 1.29 is 14.0 Å². The number of amides is 2. The number of carbonyl (C=O) groups is 2. The highest BCUT2D eigenvalue weighted by Gasteiger charge is 2.22. The molecule has 0 radical (unpaired) electrons. The quantitative estimate of drug-likeness (QED) is 0.862. The lowest BCUT2D eigenvalue weighted by Gasteiger charge is -2.24. The molecule has 0 saturated carbocycles. The van der Waals surface area contributed by atoms with E-state index in [9.17, 15) is 9.59 Å². The van der Waals surface area contributed by atoms with E-state index >= 15 is 0 Å². The van der Waals surface area contributed by atoms with E-state index < -0.39 is 0 Å². The van der Waals surface area contributed by atoms with Crippen LogP contribution >= 0.6 is 11.3 Å². The zero-order chi connectivity index (χ0) is 16.2. The van der Waals surface area contributed by atoms with Crippen LogP contribution in [0.1, 0.15) is 23.3 Å². The maximum Gasteiger partial charge on any atom is 0.234 e. The second-order valence-corrected chi connectivity index (χ2v) is 6.47. The van der Waals surface area contributed by atoms with Crippen molar-refractivity contribution in [3.8, 4) is 0 Å². The minimum atomic E-state index is -0.120. The zero-order valence-corrected chi connectivity index (χ0v) is 13.6. The molecule has 2 amide bonds. The molecule has 0 saturated heterocycles. The van der Waals surface area contributed by atoms with Crippen LogP contribution in [0.5, 0.6) is 0 Å². The first-order chi connectivity index (χ1) is 11.1. The van der Waals surface area contributed by atoms with Crippen molar-refractivity contribution in [2.45, 2.75) is 26.4 Å². The zero-order valence-electron chi connectivity index (χ0n) is 12.8. The molecule has 0 atom stereocenters. The Labute approximate surface area is 137 Å². The van der Waals surface area contributed by atoms with Crippen molar-refractivity contribution in [3.63, 3.8) is 0 Å². The van der Waals surface area contributed by atoms with Gasteiger partial charge >= 0.3 is 0 Å². The largest absolute Gasteiger partial charge is 0.467 e. The van der Waals surface area contributed by atoms with Crippen LogP contribution in [0.2, 0.25) is 0 Å². The maximum atomic E-state index is 12.0. The number of fused-ring (bicyclic) bond motifs is 1. The van der Waals surface area contributed by atoms with Gasteiger partial charge in [0.1, 0.15) is 5.76 Å². The normalized spacial score (nSPS) is 14.3. The van der Waals surface area contributed by atoms with E-state index in [0.717, 1.165) is 29.3 Å². The van der Waals surface area contributed by atoms with Gasteiger partial charge in [-0.05, 0) is 12.1 Å². The summed E-state index contributed by atoms with van der Waals surface area (Å²) in [6.45, 7) is 3.67. The second kappa shape index (κ2) is 6.93. The highest BCUT2D eigenvalue weighted by atomic mass is 32.1. The molecule has 3 heterocycles. The fourth-order valence-electron chi connectivity index (χ4n) is 2.45. The van der Waals surface area contributed by atoms with Crippen molar-refractivity contribution in [2.75, 3.05) is 18.4 Å². The van der Waals surface area contributed by atoms with E-state index in [1.165, 1.54) is 18.3 Å². The Balaban J connectivity index is 1.51. The smallest absolute Gasteiger partial charge is 0.234 e. The number of nitrogens with zero attached hydrogens (tertiary/aromatic N) is 2. The van der Waals surface area contributed by atoms with E-state index in [1.807, 2.05) is 6.07 Å². The lowest BCUT2D eigenvalue weighted by molar-refractivity contribution is -0.122. The molecule has 7 nitrogen and oxygen atoms in total. The monoisotopic (exact) mass is 334 g/mol. The molecule has 23 heavy (non-hydrogen) atoms. The fraction of sp³-hybridized carbons (Fsp3) is 0.400. The van der Waals surface area contributed by atoms with Gasteiger partial charge in [0.2, 0.25) is 11.8 Å². The van der Waals surface area contributed by atoms with E-state index in [0.29, 0.717) is 24.8 Å². The molecule has 2 N–H and O–H groups in total. The number of furan rings is 1. The molecule has 0 fully saturated rings. The van der Waals surface area contributed by atoms with Gasteiger partial charge in [-0.2, -0.15) is 0 Å². The molecular formula is C15H18N4O3S. The molecule has 0 unspecified atom stereocenters. The van der Waals surface area contributed by atoms with Gasteiger partial charge < -0.3 is 15.1 Å². The van der Waals surface area contributed by atoms with Crippen LogP contribution in [-0.4, -0.2) is 34.8 Å². The molecule has 0 aromatic carbocycles. The van der Waals surface area contributed by atoms with Crippen molar-refractivity contribution in [2.24, 2.45) is 0 Å². The number of hydrogen-bond donors (Lipinski definition) is 2. The van der Waals surface area contributed by atoms with Crippen molar-refractivity contribution >= 4 is 28.3 Å². The van der Waals surface area contributed by atoms with E-state index in [2.05, 4.69) is 20.5 Å². The average Bonchev–Trinajstić information content (AvgIpc) is 3.12. The Morgan fingerprint density at radius 3 is 3.09 bits per heavy atom. The summed E-state index contributed by atoms with van der Waals surface area (Å²) in [4.78, 5) is 30.7. The van der Waals surface area contributed by atoms with Gasteiger partial charge in [0, 0.05) is 31.3 Å². The van der Waals surface area contributed by atoms with E-state index in [-0.39, 0.29) is 11.8 Å². The highest BCUT2D eigenvalue weighted by Crippen LogP contribution is 2.28. The summed E-state index contributed by atoms with van der Waals surface area (Å²) >= 11 is 1.47. The van der Waals surface area contributed by atoms with Gasteiger partial charge in [-0.1, -0.05) is 0 Å². The minimum Gasteiger partial charge on any atom is -0.467 e. The molecule has 8 heteroatoms. The van der Waals surface area contributed by atoms with E-state index in [1.54, 1.807) is 12.3 Å². The molecule has 122 valence electrons. The van der Waals surface area contributed by atoms with Gasteiger partial charge in [-0.3, -0.25) is 14.5 Å². The lowest BCUT2D eigenvalue weighted by Crippen LogP contribution is -2.39. The Morgan fingerprint density at radius 1 is 1.48 bits per heavy atom. The number of carbonyl (C=O) groups excluding carboxylic acids is 2. The van der Waals surface area contributed by atoms with Crippen LogP contribution in [0.25, 0.3) is 0 Å². The number of anilines is 1. The molecule has 1 aliphatic rings. The first-order valence-corrected chi connectivity index (χ1v) is 8.19. The Bertz CT molecular complexity index is 696. The van der Waals surface area contributed by atoms with Gasteiger partial charge in [0.15, 0.2) is 5.13 Å². The topological polar surface area (TPSA) is 87.5 Å². The predicted molar refractivity (Wildman–Crippen MR) is 86.0 cm³/mol. The lowest BCUT2D eigenvalue weighted by atomic mass is 10.2. The van der Waals surface area contributed by atoms with Crippen LogP contribution in [0.15, 0.2) is 22.8 Å². The first kappa shape index (κ1) is 15.7. The summed E-state index contributed by atoms with van der Waals surface area (Å²) in [5.41, 5.74) is 1.02. The number of hydrogen-bond acceptors (Lipinski definition) is 6. The van der Waals surface area contributed by atoms with Gasteiger partial charge in [0.25, 0.3) is 0 Å². The summed E-state index contributed by atoms with van der Waals surface area (Å²) in [5.74, 6) is 0.586. The molecular weight excluding hydrogens is 316 g/mol. The third-order valence-electron chi connectivity index (χ3n) is 3.50. The summed E-state index contributed by atoms with van der Waals surface area (Å²) in [6.07, 6.45) is 2.38. The summed E-state index contributed by atoms with van der Waals surface area (Å²) in [6, 6.07) is 3.62. The Morgan fingerprint density at radius 2 is 2.35 bits per heavy atom. The minimum absolute atomic E-state index is 0.0311. The van der Waals surface area contributed by atoms with Crippen molar-refractivity contribution in [3.05, 3.63) is 34.7 Å².